The summed E-state index contributed by atoms with van der Waals surface area (Å²) < 4.78 is 10.9. The number of para-hydroxylation sites is 1. The van der Waals surface area contributed by atoms with Crippen molar-refractivity contribution in [1.82, 2.24) is 5.32 Å². The van der Waals surface area contributed by atoms with Crippen LogP contribution in [0.1, 0.15) is 39.7 Å². The third-order valence-electron chi connectivity index (χ3n) is 3.58. The summed E-state index contributed by atoms with van der Waals surface area (Å²) in [6.45, 7) is 8.60. The largest absolute Gasteiger partial charge is 0.490 e. The summed E-state index contributed by atoms with van der Waals surface area (Å²) >= 11 is 0. The average Bonchev–Trinajstić information content (AvgIpc) is 2.46. The first-order chi connectivity index (χ1) is 9.96. The van der Waals surface area contributed by atoms with Crippen LogP contribution in [0.15, 0.2) is 24.3 Å². The number of methoxy groups -OCH3 is 1. The number of benzene rings is 1. The average molecular weight is 293 g/mol. The van der Waals surface area contributed by atoms with Gasteiger partial charge in [-0.3, -0.25) is 4.79 Å². The van der Waals surface area contributed by atoms with E-state index in [9.17, 15) is 4.79 Å². The molecular formula is C17H27NO3. The maximum Gasteiger partial charge on any atom is 0.325 e. The van der Waals surface area contributed by atoms with E-state index >= 15 is 0 Å². The normalized spacial score (nSPS) is 15.1. The molecule has 1 aromatic carbocycles. The van der Waals surface area contributed by atoms with Gasteiger partial charge in [0, 0.05) is 6.42 Å². The van der Waals surface area contributed by atoms with Gasteiger partial charge in [-0.15, -0.1) is 0 Å². The van der Waals surface area contributed by atoms with E-state index in [-0.39, 0.29) is 12.1 Å². The summed E-state index contributed by atoms with van der Waals surface area (Å²) in [6, 6.07) is 8.00. The van der Waals surface area contributed by atoms with Crippen LogP contribution in [0.5, 0.6) is 5.75 Å². The molecule has 118 valence electrons. The molecule has 0 bridgehead atoms. The molecule has 0 heterocycles. The highest BCUT2D eigenvalue weighted by atomic mass is 16.5. The predicted molar refractivity (Wildman–Crippen MR) is 84.6 cm³/mol. The molecule has 1 N–H and O–H groups in total. The zero-order valence-electron chi connectivity index (χ0n) is 13.7. The molecule has 0 radical (unpaired) electrons. The van der Waals surface area contributed by atoms with Crippen molar-refractivity contribution in [2.75, 3.05) is 13.7 Å². The Bertz CT molecular complexity index is 461. The number of hydrogen-bond donors (Lipinski definition) is 1. The van der Waals surface area contributed by atoms with Crippen molar-refractivity contribution in [3.63, 3.8) is 0 Å². The van der Waals surface area contributed by atoms with Gasteiger partial charge in [0.15, 0.2) is 0 Å². The molecule has 1 rings (SSSR count). The molecular weight excluding hydrogens is 266 g/mol. The van der Waals surface area contributed by atoms with Crippen molar-refractivity contribution in [3.8, 4) is 5.75 Å². The van der Waals surface area contributed by atoms with E-state index in [0.717, 1.165) is 12.2 Å². The van der Waals surface area contributed by atoms with Crippen LogP contribution in [-0.2, 0) is 16.0 Å². The number of hydrogen-bond acceptors (Lipinski definition) is 4. The molecule has 0 aromatic heterocycles. The Hall–Kier alpha value is -1.55. The maximum absolute atomic E-state index is 12.0. The maximum atomic E-state index is 12.0. The quantitative estimate of drug-likeness (QED) is 0.749. The summed E-state index contributed by atoms with van der Waals surface area (Å²) in [6.07, 6.45) is 1.37. The molecule has 0 fully saturated rings. The lowest BCUT2D eigenvalue weighted by Gasteiger charge is -2.30. The zero-order chi connectivity index (χ0) is 15.9. The summed E-state index contributed by atoms with van der Waals surface area (Å²) in [7, 11) is 1.41. The Labute approximate surface area is 127 Å². The minimum atomic E-state index is -0.732. The van der Waals surface area contributed by atoms with Crippen molar-refractivity contribution in [3.05, 3.63) is 29.8 Å². The molecule has 0 aliphatic rings. The van der Waals surface area contributed by atoms with Crippen LogP contribution >= 0.6 is 0 Å². The molecule has 1 aromatic rings. The molecule has 0 amide bonds. The number of likely N-dealkylation sites (N-methyl/N-ethyl adjacent to an activating group) is 1. The summed E-state index contributed by atoms with van der Waals surface area (Å²) in [4.78, 5) is 12.0. The van der Waals surface area contributed by atoms with E-state index in [1.54, 1.807) is 0 Å². The molecule has 0 saturated carbocycles. The van der Waals surface area contributed by atoms with Gasteiger partial charge >= 0.3 is 5.97 Å². The van der Waals surface area contributed by atoms with E-state index in [4.69, 9.17) is 9.47 Å². The van der Waals surface area contributed by atoms with Crippen LogP contribution in [0.2, 0.25) is 0 Å². The first-order valence-electron chi connectivity index (χ1n) is 7.54. The van der Waals surface area contributed by atoms with Crippen LogP contribution in [0.4, 0.5) is 0 Å². The lowest BCUT2D eigenvalue weighted by atomic mass is 9.94. The Morgan fingerprint density at radius 3 is 2.57 bits per heavy atom. The Balaban J connectivity index is 2.78. The second kappa shape index (κ2) is 8.03. The molecule has 0 spiro atoms. The zero-order valence-corrected chi connectivity index (χ0v) is 13.7. The van der Waals surface area contributed by atoms with Gasteiger partial charge in [-0.1, -0.05) is 32.0 Å². The lowest BCUT2D eigenvalue weighted by Crippen LogP contribution is -2.52. The number of aryl methyl sites for hydroxylation is 1. The van der Waals surface area contributed by atoms with E-state index < -0.39 is 5.54 Å². The SMILES string of the molecule is CCNC(C)(CC(C)Oc1ccccc1CC)C(=O)OC. The monoisotopic (exact) mass is 293 g/mol. The van der Waals surface area contributed by atoms with E-state index in [1.807, 2.05) is 39.0 Å². The van der Waals surface area contributed by atoms with Gasteiger partial charge in [-0.05, 0) is 38.4 Å². The minimum absolute atomic E-state index is 0.0964. The highest BCUT2D eigenvalue weighted by molar-refractivity contribution is 5.80. The number of esters is 1. The highest BCUT2D eigenvalue weighted by Gasteiger charge is 2.35. The molecule has 0 aliphatic heterocycles. The Morgan fingerprint density at radius 2 is 2.00 bits per heavy atom. The smallest absolute Gasteiger partial charge is 0.325 e. The summed E-state index contributed by atoms with van der Waals surface area (Å²) in [5.74, 6) is 0.625. The van der Waals surface area contributed by atoms with Crippen molar-refractivity contribution in [1.29, 1.82) is 0 Å². The molecule has 0 aliphatic carbocycles. The van der Waals surface area contributed by atoms with Gasteiger partial charge in [0.05, 0.1) is 13.2 Å². The Kier molecular flexibility index (Phi) is 6.69. The number of ether oxygens (including phenoxy) is 2. The van der Waals surface area contributed by atoms with Crippen LogP contribution in [0.25, 0.3) is 0 Å². The molecule has 21 heavy (non-hydrogen) atoms. The van der Waals surface area contributed by atoms with E-state index in [0.29, 0.717) is 13.0 Å². The minimum Gasteiger partial charge on any atom is -0.490 e. The van der Waals surface area contributed by atoms with Crippen LogP contribution < -0.4 is 10.1 Å². The van der Waals surface area contributed by atoms with Crippen molar-refractivity contribution < 1.29 is 14.3 Å². The number of carbonyl (C=O) groups is 1. The Morgan fingerprint density at radius 1 is 1.33 bits per heavy atom. The fourth-order valence-corrected chi connectivity index (χ4v) is 2.59. The fraction of sp³-hybridized carbons (Fsp3) is 0.588. The number of carbonyl (C=O) groups excluding carboxylic acids is 1. The predicted octanol–water partition coefficient (Wildman–Crippen LogP) is 2.95. The molecule has 2 atom stereocenters. The van der Waals surface area contributed by atoms with Gasteiger partial charge < -0.3 is 14.8 Å². The van der Waals surface area contributed by atoms with Gasteiger partial charge in [0.25, 0.3) is 0 Å². The fourth-order valence-electron chi connectivity index (χ4n) is 2.59. The third-order valence-corrected chi connectivity index (χ3v) is 3.58. The van der Waals surface area contributed by atoms with Crippen molar-refractivity contribution in [2.45, 2.75) is 52.2 Å². The molecule has 0 saturated heterocycles. The van der Waals surface area contributed by atoms with E-state index in [2.05, 4.69) is 18.3 Å². The second-order valence-corrected chi connectivity index (χ2v) is 5.45. The van der Waals surface area contributed by atoms with Gasteiger partial charge in [-0.2, -0.15) is 0 Å². The van der Waals surface area contributed by atoms with Crippen LogP contribution in [0.3, 0.4) is 0 Å². The molecule has 4 heteroatoms. The molecule has 2 unspecified atom stereocenters. The van der Waals surface area contributed by atoms with Crippen LogP contribution in [0, 0.1) is 0 Å². The summed E-state index contributed by atoms with van der Waals surface area (Å²) in [5.41, 5.74) is 0.442. The standard InChI is InChI=1S/C17H27NO3/c1-6-14-10-8-9-11-15(14)21-13(3)12-17(4,18-7-2)16(19)20-5/h8-11,13,18H,6-7,12H2,1-5H3. The second-order valence-electron chi connectivity index (χ2n) is 5.45. The number of nitrogens with one attached hydrogen (secondary N) is 1. The summed E-state index contributed by atoms with van der Waals surface area (Å²) in [5, 5.41) is 3.20. The van der Waals surface area contributed by atoms with E-state index in [1.165, 1.54) is 12.7 Å². The van der Waals surface area contributed by atoms with Gasteiger partial charge in [0.1, 0.15) is 11.3 Å². The first-order valence-corrected chi connectivity index (χ1v) is 7.54. The van der Waals surface area contributed by atoms with Gasteiger partial charge in [-0.25, -0.2) is 0 Å². The first kappa shape index (κ1) is 17.5. The van der Waals surface area contributed by atoms with Crippen molar-refractivity contribution in [2.24, 2.45) is 0 Å². The highest BCUT2D eigenvalue weighted by Crippen LogP contribution is 2.23. The van der Waals surface area contributed by atoms with Crippen molar-refractivity contribution >= 4 is 5.97 Å². The third kappa shape index (κ3) is 4.74. The van der Waals surface area contributed by atoms with Crippen LogP contribution in [-0.4, -0.2) is 31.3 Å². The lowest BCUT2D eigenvalue weighted by molar-refractivity contribution is -0.149. The topological polar surface area (TPSA) is 47.6 Å². The number of rotatable bonds is 8. The van der Waals surface area contributed by atoms with Gasteiger partial charge in [0.2, 0.25) is 0 Å². The molecule has 4 nitrogen and oxygen atoms in total.